The Bertz CT molecular complexity index is 685. The Morgan fingerprint density at radius 2 is 1.84 bits per heavy atom. The first-order chi connectivity index (χ1) is 9.29. The van der Waals surface area contributed by atoms with Crippen molar-refractivity contribution in [3.63, 3.8) is 0 Å². The third kappa shape index (κ3) is 2.26. The van der Waals surface area contributed by atoms with Crippen LogP contribution in [0.4, 0.5) is 0 Å². The summed E-state index contributed by atoms with van der Waals surface area (Å²) in [6.07, 6.45) is 1.06. The lowest BCUT2D eigenvalue weighted by Gasteiger charge is -2.13. The van der Waals surface area contributed by atoms with Gasteiger partial charge in [0, 0.05) is 27.5 Å². The van der Waals surface area contributed by atoms with Crippen molar-refractivity contribution in [3.05, 3.63) is 70.9 Å². The fourth-order valence-corrected chi connectivity index (χ4v) is 2.88. The Balaban J connectivity index is 2.09. The normalized spacial score (nSPS) is 12.7. The number of benzene rings is 2. The van der Waals surface area contributed by atoms with Gasteiger partial charge in [-0.1, -0.05) is 54.9 Å². The third-order valence-corrected chi connectivity index (χ3v) is 3.95. The number of rotatable bonds is 3. The molecule has 0 aliphatic heterocycles. The Kier molecular flexibility index (Phi) is 3.31. The van der Waals surface area contributed by atoms with Gasteiger partial charge >= 0.3 is 0 Å². The molecular weight excluding hydrogens is 254 g/mol. The fourth-order valence-electron chi connectivity index (χ4n) is 2.65. The van der Waals surface area contributed by atoms with E-state index in [9.17, 15) is 0 Å². The van der Waals surface area contributed by atoms with E-state index in [0.29, 0.717) is 5.92 Å². The molecule has 1 heterocycles. The summed E-state index contributed by atoms with van der Waals surface area (Å²) in [6.45, 7) is 2.21. The minimum Gasteiger partial charge on any atom is -0.358 e. The molecule has 1 N–H and O–H groups in total. The van der Waals surface area contributed by atoms with E-state index in [-0.39, 0.29) is 0 Å². The maximum Gasteiger partial charge on any atom is 0.0499 e. The van der Waals surface area contributed by atoms with Crippen LogP contribution in [-0.2, 0) is 0 Å². The summed E-state index contributed by atoms with van der Waals surface area (Å²) >= 11 is 6.24. The van der Waals surface area contributed by atoms with Gasteiger partial charge in [-0.15, -0.1) is 0 Å². The lowest BCUT2D eigenvalue weighted by molar-refractivity contribution is 0.758. The minimum atomic E-state index is 0.393. The highest BCUT2D eigenvalue weighted by Gasteiger charge is 2.15. The van der Waals surface area contributed by atoms with E-state index in [1.165, 1.54) is 11.3 Å². The first-order valence-electron chi connectivity index (χ1n) is 6.61. The molecule has 0 aliphatic rings. The predicted octanol–water partition coefficient (Wildman–Crippen LogP) is 5.36. The highest BCUT2D eigenvalue weighted by Crippen LogP contribution is 2.32. The van der Waals surface area contributed by atoms with Gasteiger partial charge in [0.2, 0.25) is 0 Å². The Labute approximate surface area is 118 Å². The van der Waals surface area contributed by atoms with Crippen LogP contribution in [-0.4, -0.2) is 4.98 Å². The van der Waals surface area contributed by atoms with Crippen molar-refractivity contribution in [2.75, 3.05) is 0 Å². The van der Waals surface area contributed by atoms with Crippen LogP contribution in [0.1, 0.15) is 30.5 Å². The van der Waals surface area contributed by atoms with E-state index in [0.717, 1.165) is 22.3 Å². The zero-order chi connectivity index (χ0) is 13.2. The standard InChI is InChI=1S/C17H16ClN/c1-2-13(12-7-4-3-5-8-12)17-11-14-15(18)9-6-10-16(14)19-17/h3-11,13,19H,2H2,1H3. The summed E-state index contributed by atoms with van der Waals surface area (Å²) in [5.41, 5.74) is 3.68. The van der Waals surface area contributed by atoms with Gasteiger partial charge in [-0.25, -0.2) is 0 Å². The molecule has 0 radical (unpaired) electrons. The summed E-state index contributed by atoms with van der Waals surface area (Å²) in [7, 11) is 0. The van der Waals surface area contributed by atoms with Gasteiger partial charge in [0.1, 0.15) is 0 Å². The van der Waals surface area contributed by atoms with Crippen LogP contribution >= 0.6 is 11.6 Å². The van der Waals surface area contributed by atoms with E-state index in [2.05, 4.69) is 54.4 Å². The molecule has 19 heavy (non-hydrogen) atoms. The zero-order valence-corrected chi connectivity index (χ0v) is 11.6. The van der Waals surface area contributed by atoms with Crippen molar-refractivity contribution in [1.29, 1.82) is 0 Å². The molecule has 0 saturated heterocycles. The predicted molar refractivity (Wildman–Crippen MR) is 81.9 cm³/mol. The molecule has 1 aromatic heterocycles. The van der Waals surface area contributed by atoms with Crippen molar-refractivity contribution in [3.8, 4) is 0 Å². The van der Waals surface area contributed by atoms with E-state index in [1.54, 1.807) is 0 Å². The van der Waals surface area contributed by atoms with Gasteiger partial charge in [-0.2, -0.15) is 0 Å². The smallest absolute Gasteiger partial charge is 0.0499 e. The molecule has 0 aliphatic carbocycles. The van der Waals surface area contributed by atoms with Crippen LogP contribution in [0.25, 0.3) is 10.9 Å². The molecule has 0 saturated carbocycles. The molecule has 1 nitrogen and oxygen atoms in total. The second-order valence-electron chi connectivity index (χ2n) is 4.80. The van der Waals surface area contributed by atoms with E-state index >= 15 is 0 Å². The molecule has 1 atom stereocenters. The number of hydrogen-bond donors (Lipinski definition) is 1. The number of fused-ring (bicyclic) bond motifs is 1. The lowest BCUT2D eigenvalue weighted by Crippen LogP contribution is -1.99. The molecule has 0 amide bonds. The van der Waals surface area contributed by atoms with Crippen molar-refractivity contribution in [2.45, 2.75) is 19.3 Å². The number of nitrogens with one attached hydrogen (secondary N) is 1. The highest BCUT2D eigenvalue weighted by molar-refractivity contribution is 6.35. The van der Waals surface area contributed by atoms with Crippen molar-refractivity contribution in [1.82, 2.24) is 4.98 Å². The van der Waals surface area contributed by atoms with Gasteiger partial charge in [0.05, 0.1) is 0 Å². The maximum atomic E-state index is 6.24. The summed E-state index contributed by atoms with van der Waals surface area (Å²) in [4.78, 5) is 3.50. The highest BCUT2D eigenvalue weighted by atomic mass is 35.5. The maximum absolute atomic E-state index is 6.24. The van der Waals surface area contributed by atoms with Gasteiger partial charge in [-0.3, -0.25) is 0 Å². The molecule has 0 spiro atoms. The summed E-state index contributed by atoms with van der Waals surface area (Å²) in [6, 6.07) is 18.8. The van der Waals surface area contributed by atoms with Crippen LogP contribution in [0.2, 0.25) is 5.02 Å². The van der Waals surface area contributed by atoms with E-state index < -0.39 is 0 Å². The van der Waals surface area contributed by atoms with Crippen LogP contribution in [0.3, 0.4) is 0 Å². The number of aromatic amines is 1. The van der Waals surface area contributed by atoms with Gasteiger partial charge in [-0.05, 0) is 30.2 Å². The largest absolute Gasteiger partial charge is 0.358 e. The van der Waals surface area contributed by atoms with Gasteiger partial charge < -0.3 is 4.98 Å². The fraction of sp³-hybridized carbons (Fsp3) is 0.176. The minimum absolute atomic E-state index is 0.393. The average Bonchev–Trinajstić information content (AvgIpc) is 2.86. The quantitative estimate of drug-likeness (QED) is 0.658. The molecule has 0 bridgehead atoms. The second kappa shape index (κ2) is 5.10. The number of hydrogen-bond acceptors (Lipinski definition) is 0. The Morgan fingerprint density at radius 3 is 2.53 bits per heavy atom. The summed E-state index contributed by atoms with van der Waals surface area (Å²) in [5.74, 6) is 0.393. The van der Waals surface area contributed by atoms with Crippen molar-refractivity contribution < 1.29 is 0 Å². The molecule has 96 valence electrons. The number of halogens is 1. The number of aromatic nitrogens is 1. The van der Waals surface area contributed by atoms with Gasteiger partial charge in [0.25, 0.3) is 0 Å². The number of H-pyrrole nitrogens is 1. The first kappa shape index (κ1) is 12.3. The molecular formula is C17H16ClN. The first-order valence-corrected chi connectivity index (χ1v) is 6.99. The van der Waals surface area contributed by atoms with Gasteiger partial charge in [0.15, 0.2) is 0 Å². The molecule has 3 rings (SSSR count). The van der Waals surface area contributed by atoms with Crippen molar-refractivity contribution >= 4 is 22.5 Å². The molecule has 2 heteroatoms. The van der Waals surface area contributed by atoms with Crippen LogP contribution in [0.5, 0.6) is 0 Å². The topological polar surface area (TPSA) is 15.8 Å². The molecule has 2 aromatic carbocycles. The Hall–Kier alpha value is -1.73. The Morgan fingerprint density at radius 1 is 1.05 bits per heavy atom. The lowest BCUT2D eigenvalue weighted by atomic mass is 9.93. The monoisotopic (exact) mass is 269 g/mol. The molecule has 0 fully saturated rings. The average molecular weight is 270 g/mol. The molecule has 1 unspecified atom stereocenters. The van der Waals surface area contributed by atoms with Crippen LogP contribution in [0, 0.1) is 0 Å². The SMILES string of the molecule is CCC(c1ccccc1)c1cc2c(Cl)cccc2[nH]1. The van der Waals surface area contributed by atoms with Crippen LogP contribution in [0.15, 0.2) is 54.6 Å². The van der Waals surface area contributed by atoms with Crippen molar-refractivity contribution in [2.24, 2.45) is 0 Å². The second-order valence-corrected chi connectivity index (χ2v) is 5.20. The van der Waals surface area contributed by atoms with Crippen LogP contribution < -0.4 is 0 Å². The third-order valence-electron chi connectivity index (χ3n) is 3.62. The molecule has 3 aromatic rings. The van der Waals surface area contributed by atoms with E-state index in [1.807, 2.05) is 12.1 Å². The zero-order valence-electron chi connectivity index (χ0n) is 10.9. The summed E-state index contributed by atoms with van der Waals surface area (Å²) in [5, 5.41) is 1.91. The van der Waals surface area contributed by atoms with E-state index in [4.69, 9.17) is 11.6 Å². The summed E-state index contributed by atoms with van der Waals surface area (Å²) < 4.78 is 0.